The fourth-order valence-corrected chi connectivity index (χ4v) is 5.55. The zero-order valence-electron chi connectivity index (χ0n) is 25.4. The topological polar surface area (TPSA) is 78.0 Å². The molecule has 41 heavy (non-hydrogen) atoms. The average Bonchev–Trinajstić information content (AvgIpc) is 2.95. The van der Waals surface area contributed by atoms with E-state index in [4.69, 9.17) is 11.2 Å². The van der Waals surface area contributed by atoms with Gasteiger partial charge in [-0.3, -0.25) is 15.1 Å². The van der Waals surface area contributed by atoms with Crippen LogP contribution in [-0.4, -0.2) is 49.0 Å². The molecule has 8 heteroatoms. The molecule has 0 bridgehead atoms. The molecule has 0 saturated carbocycles. The van der Waals surface area contributed by atoms with Crippen LogP contribution in [0.1, 0.15) is 78.7 Å². The highest BCUT2D eigenvalue weighted by molar-refractivity contribution is 5.94. The van der Waals surface area contributed by atoms with Crippen molar-refractivity contribution >= 4 is 11.9 Å². The van der Waals surface area contributed by atoms with Gasteiger partial charge in [0.05, 0.1) is 18.7 Å². The van der Waals surface area contributed by atoms with Crippen molar-refractivity contribution in [3.8, 4) is 18.2 Å². The van der Waals surface area contributed by atoms with E-state index in [-0.39, 0.29) is 29.8 Å². The van der Waals surface area contributed by atoms with Crippen LogP contribution in [0.5, 0.6) is 5.75 Å². The van der Waals surface area contributed by atoms with Crippen LogP contribution in [-0.2, 0) is 0 Å². The molecule has 1 aliphatic rings. The number of amides is 1. The molecule has 3 unspecified atom stereocenters. The molecule has 2 aromatic rings. The third-order valence-corrected chi connectivity index (χ3v) is 7.91. The zero-order valence-corrected chi connectivity index (χ0v) is 25.4. The Kier molecular flexibility index (Phi) is 11.2. The number of guanidine groups is 1. The van der Waals surface area contributed by atoms with Crippen molar-refractivity contribution in [2.24, 2.45) is 4.99 Å². The molecular formula is C33H44FN5O2. The Morgan fingerprint density at radius 1 is 1.22 bits per heavy atom. The van der Waals surface area contributed by atoms with E-state index < -0.39 is 0 Å². The fourth-order valence-electron chi connectivity index (χ4n) is 5.55. The molecule has 3 N–H and O–H groups in total. The zero-order chi connectivity index (χ0) is 30.1. The minimum absolute atomic E-state index is 0.0867. The number of nitrogens with one attached hydrogen (secondary N) is 3. The molecule has 0 radical (unpaired) electrons. The van der Waals surface area contributed by atoms with Crippen molar-refractivity contribution in [2.45, 2.75) is 78.9 Å². The molecule has 1 amide bonds. The van der Waals surface area contributed by atoms with E-state index in [1.165, 1.54) is 23.3 Å². The maximum absolute atomic E-state index is 13.7. The lowest BCUT2D eigenvalue weighted by Crippen LogP contribution is -2.46. The van der Waals surface area contributed by atoms with E-state index in [9.17, 15) is 9.18 Å². The summed E-state index contributed by atoms with van der Waals surface area (Å²) in [5.74, 6) is 0.974. The van der Waals surface area contributed by atoms with E-state index in [1.54, 1.807) is 20.0 Å². The number of terminal acetylenes is 1. The number of hydrogen-bond acceptors (Lipinski definition) is 4. The third-order valence-electron chi connectivity index (χ3n) is 7.91. The van der Waals surface area contributed by atoms with Crippen LogP contribution in [0.4, 0.5) is 4.39 Å². The Bertz CT molecular complexity index is 1330. The highest BCUT2D eigenvalue weighted by Gasteiger charge is 2.31. The number of nitrogens with zero attached hydrogens (tertiary/aromatic N) is 2. The molecule has 1 heterocycles. The van der Waals surface area contributed by atoms with Crippen molar-refractivity contribution in [1.82, 2.24) is 20.9 Å². The summed E-state index contributed by atoms with van der Waals surface area (Å²) in [6, 6.07) is 11.4. The smallest absolute Gasteiger partial charge is 0.251 e. The van der Waals surface area contributed by atoms with Gasteiger partial charge in [-0.1, -0.05) is 19.4 Å². The first-order chi connectivity index (χ1) is 19.6. The van der Waals surface area contributed by atoms with E-state index in [2.05, 4.69) is 84.7 Å². The summed E-state index contributed by atoms with van der Waals surface area (Å²) in [6.07, 6.45) is 9.95. The van der Waals surface area contributed by atoms with Gasteiger partial charge in [-0.2, -0.15) is 0 Å². The molecule has 1 aliphatic heterocycles. The van der Waals surface area contributed by atoms with Crippen LogP contribution < -0.4 is 20.7 Å². The molecule has 7 nitrogen and oxygen atoms in total. The highest BCUT2D eigenvalue weighted by atomic mass is 19.1. The molecule has 220 valence electrons. The average molecular weight is 562 g/mol. The van der Waals surface area contributed by atoms with Crippen LogP contribution in [0, 0.1) is 39.1 Å². The van der Waals surface area contributed by atoms with Gasteiger partial charge in [-0.05, 0) is 106 Å². The van der Waals surface area contributed by atoms with E-state index in [0.717, 1.165) is 36.3 Å². The van der Waals surface area contributed by atoms with Gasteiger partial charge in [0.2, 0.25) is 5.96 Å². The van der Waals surface area contributed by atoms with Gasteiger partial charge in [-0.15, -0.1) is 0 Å². The standard InChI is InChI=1S/C33H44FN5O2/c1-9-28-20-27(38-32(40)26-12-14-30(34)21(3)18-26)19-22(4)39(28)25(7)29-13-15-31(24(6)23(29)5)41-17-11-16-37-33(35-8)36-10-2/h2,12-15,18-19,25,27-28H,9,11,16-17,20H2,1,3-8H3,(H,38,40)(H2,35,36,37). The van der Waals surface area contributed by atoms with Gasteiger partial charge in [0.1, 0.15) is 11.6 Å². The second kappa shape index (κ2) is 14.6. The minimum atomic E-state index is -0.307. The summed E-state index contributed by atoms with van der Waals surface area (Å²) in [6.45, 7) is 13.7. The number of carbonyl (C=O) groups excluding carboxylic acids is 1. The number of benzene rings is 2. The first-order valence-corrected chi connectivity index (χ1v) is 14.3. The van der Waals surface area contributed by atoms with Gasteiger partial charge < -0.3 is 20.3 Å². The summed E-state index contributed by atoms with van der Waals surface area (Å²) in [4.78, 5) is 19.4. The Morgan fingerprint density at radius 3 is 2.63 bits per heavy atom. The molecule has 3 atom stereocenters. The molecule has 2 aromatic carbocycles. The van der Waals surface area contributed by atoms with Gasteiger partial charge in [-0.25, -0.2) is 4.39 Å². The van der Waals surface area contributed by atoms with Crippen LogP contribution >= 0.6 is 0 Å². The van der Waals surface area contributed by atoms with Crippen molar-refractivity contribution in [3.63, 3.8) is 0 Å². The monoisotopic (exact) mass is 561 g/mol. The fraction of sp³-hybridized carbons (Fsp3) is 0.455. The molecule has 0 aliphatic carbocycles. The quantitative estimate of drug-likeness (QED) is 0.117. The lowest BCUT2D eigenvalue weighted by molar-refractivity contribution is 0.0921. The van der Waals surface area contributed by atoms with Gasteiger partial charge in [0.15, 0.2) is 0 Å². The summed E-state index contributed by atoms with van der Waals surface area (Å²) in [7, 11) is 1.68. The normalized spacial score (nSPS) is 17.8. The number of hydrogen-bond donors (Lipinski definition) is 3. The number of ether oxygens (including phenoxy) is 1. The van der Waals surface area contributed by atoms with E-state index in [1.807, 2.05) is 0 Å². The molecule has 0 saturated heterocycles. The molecular weight excluding hydrogens is 517 g/mol. The SMILES string of the molecule is C#CNC(=NC)NCCCOc1ccc(C(C)N2C(C)=CC(NC(=O)c3ccc(F)c(C)c3)CC2CC)c(C)c1C. The van der Waals surface area contributed by atoms with Crippen LogP contribution in [0.2, 0.25) is 0 Å². The Hall–Kier alpha value is -3.99. The van der Waals surface area contributed by atoms with E-state index >= 15 is 0 Å². The predicted octanol–water partition coefficient (Wildman–Crippen LogP) is 5.52. The van der Waals surface area contributed by atoms with Crippen LogP contribution in [0.15, 0.2) is 47.1 Å². The number of allylic oxidation sites excluding steroid dienone is 1. The minimum Gasteiger partial charge on any atom is -0.493 e. The van der Waals surface area contributed by atoms with Crippen molar-refractivity contribution in [3.05, 3.63) is 75.7 Å². The number of rotatable bonds is 10. The first kappa shape index (κ1) is 31.5. The van der Waals surface area contributed by atoms with Gasteiger partial charge >= 0.3 is 0 Å². The number of aliphatic imine (C=N–C) groups is 1. The van der Waals surface area contributed by atoms with Gasteiger partial charge in [0, 0.05) is 36.9 Å². The largest absolute Gasteiger partial charge is 0.493 e. The van der Waals surface area contributed by atoms with Crippen molar-refractivity contribution in [2.75, 3.05) is 20.2 Å². The molecule has 0 fully saturated rings. The van der Waals surface area contributed by atoms with Crippen LogP contribution in [0.25, 0.3) is 0 Å². The lowest BCUT2D eigenvalue weighted by atomic mass is 9.90. The summed E-state index contributed by atoms with van der Waals surface area (Å²) in [5.41, 5.74) is 5.69. The number of aryl methyl sites for hydroxylation is 1. The second-order valence-electron chi connectivity index (χ2n) is 10.6. The van der Waals surface area contributed by atoms with Crippen molar-refractivity contribution in [1.29, 1.82) is 0 Å². The van der Waals surface area contributed by atoms with E-state index in [0.29, 0.717) is 30.2 Å². The summed E-state index contributed by atoms with van der Waals surface area (Å²) < 4.78 is 19.8. The summed E-state index contributed by atoms with van der Waals surface area (Å²) in [5, 5.41) is 9.02. The lowest BCUT2D eigenvalue weighted by Gasteiger charge is -2.44. The molecule has 0 spiro atoms. The number of halogens is 1. The van der Waals surface area contributed by atoms with Crippen molar-refractivity contribution < 1.29 is 13.9 Å². The van der Waals surface area contributed by atoms with Crippen LogP contribution in [0.3, 0.4) is 0 Å². The maximum atomic E-state index is 13.7. The predicted molar refractivity (Wildman–Crippen MR) is 164 cm³/mol. The maximum Gasteiger partial charge on any atom is 0.251 e. The Balaban J connectivity index is 1.67. The number of carbonyl (C=O) groups is 1. The van der Waals surface area contributed by atoms with Gasteiger partial charge in [0.25, 0.3) is 5.91 Å². The first-order valence-electron chi connectivity index (χ1n) is 14.3. The Morgan fingerprint density at radius 2 is 1.98 bits per heavy atom. The molecule has 0 aromatic heterocycles. The summed E-state index contributed by atoms with van der Waals surface area (Å²) >= 11 is 0. The Labute approximate surface area is 244 Å². The highest BCUT2D eigenvalue weighted by Crippen LogP contribution is 2.37. The second-order valence-corrected chi connectivity index (χ2v) is 10.6. The molecule has 3 rings (SSSR count). The third kappa shape index (κ3) is 7.81.